The van der Waals surface area contributed by atoms with Gasteiger partial charge in [-0.05, 0) is 58.8 Å². The van der Waals surface area contributed by atoms with Crippen LogP contribution in [0.1, 0.15) is 21.5 Å². The monoisotopic (exact) mass is 415 g/mol. The Balaban J connectivity index is 1.86. The van der Waals surface area contributed by atoms with Crippen molar-refractivity contribution in [3.05, 3.63) is 67.5 Å². The second-order valence-corrected chi connectivity index (χ2v) is 6.70. The third-order valence-electron chi connectivity index (χ3n) is 3.62. The van der Waals surface area contributed by atoms with Gasteiger partial charge in [0, 0.05) is 32.8 Å². The molecule has 0 atom stereocenters. The number of carbonyl (C=O) groups excluding carboxylic acids is 1. The maximum absolute atomic E-state index is 13.9. The Labute approximate surface area is 141 Å². The lowest BCUT2D eigenvalue weighted by atomic mass is 9.98. The minimum Gasteiger partial charge on any atom is -0.334 e. The third-order valence-corrected chi connectivity index (χ3v) is 4.52. The number of hydrogen-bond acceptors (Lipinski definition) is 1. The summed E-state index contributed by atoms with van der Waals surface area (Å²) in [5, 5.41) is 0.362. The predicted molar refractivity (Wildman–Crippen MR) is 89.0 cm³/mol. The van der Waals surface area contributed by atoms with Gasteiger partial charge in [-0.3, -0.25) is 4.79 Å². The molecule has 0 radical (unpaired) electrons. The molecule has 0 fully saturated rings. The smallest absolute Gasteiger partial charge is 0.254 e. The van der Waals surface area contributed by atoms with Crippen LogP contribution < -0.4 is 0 Å². The summed E-state index contributed by atoms with van der Waals surface area (Å²) in [6.45, 7) is 0.876. The van der Waals surface area contributed by atoms with Crippen molar-refractivity contribution in [1.82, 2.24) is 4.90 Å². The van der Waals surface area contributed by atoms with Crippen LogP contribution in [0.25, 0.3) is 0 Å². The van der Waals surface area contributed by atoms with E-state index < -0.39 is 0 Å². The van der Waals surface area contributed by atoms with Gasteiger partial charge in [0.25, 0.3) is 5.91 Å². The SMILES string of the molecule is O=C1c2cc(I)ccc2CCN1Cc1ccc(Cl)cc1F. The average molecular weight is 416 g/mol. The van der Waals surface area contributed by atoms with Crippen molar-refractivity contribution in [2.75, 3.05) is 6.54 Å². The molecule has 0 spiro atoms. The largest absolute Gasteiger partial charge is 0.334 e. The van der Waals surface area contributed by atoms with E-state index in [-0.39, 0.29) is 18.3 Å². The number of nitrogens with zero attached hydrogens (tertiary/aromatic N) is 1. The highest BCUT2D eigenvalue weighted by Gasteiger charge is 2.25. The van der Waals surface area contributed by atoms with E-state index in [1.807, 2.05) is 18.2 Å². The summed E-state index contributed by atoms with van der Waals surface area (Å²) in [5.41, 5.74) is 2.28. The van der Waals surface area contributed by atoms with E-state index in [9.17, 15) is 9.18 Å². The molecule has 0 aliphatic carbocycles. The molecule has 2 nitrogen and oxygen atoms in total. The highest BCUT2D eigenvalue weighted by atomic mass is 127. The zero-order valence-electron chi connectivity index (χ0n) is 11.1. The maximum Gasteiger partial charge on any atom is 0.254 e. The van der Waals surface area contributed by atoms with Crippen LogP contribution in [0.3, 0.4) is 0 Å². The average Bonchev–Trinajstić information content (AvgIpc) is 2.45. The summed E-state index contributed by atoms with van der Waals surface area (Å²) in [5.74, 6) is -0.409. The zero-order chi connectivity index (χ0) is 15.0. The first-order chi connectivity index (χ1) is 10.0. The second kappa shape index (κ2) is 5.93. The van der Waals surface area contributed by atoms with Gasteiger partial charge < -0.3 is 4.90 Å². The first kappa shape index (κ1) is 14.8. The van der Waals surface area contributed by atoms with Gasteiger partial charge in [-0.1, -0.05) is 23.7 Å². The highest BCUT2D eigenvalue weighted by molar-refractivity contribution is 14.1. The van der Waals surface area contributed by atoms with Gasteiger partial charge in [0.05, 0.1) is 0 Å². The zero-order valence-corrected chi connectivity index (χ0v) is 14.0. The van der Waals surface area contributed by atoms with Crippen molar-refractivity contribution in [3.8, 4) is 0 Å². The molecular weight excluding hydrogens is 404 g/mol. The number of amides is 1. The first-order valence-corrected chi connectivity index (χ1v) is 8.02. The molecule has 0 unspecified atom stereocenters. The molecule has 108 valence electrons. The number of hydrogen-bond donors (Lipinski definition) is 0. The van der Waals surface area contributed by atoms with Crippen LogP contribution in [-0.2, 0) is 13.0 Å². The predicted octanol–water partition coefficient (Wildman–Crippen LogP) is 4.28. The van der Waals surface area contributed by atoms with Crippen molar-refractivity contribution in [2.45, 2.75) is 13.0 Å². The molecule has 2 aromatic carbocycles. The summed E-state index contributed by atoms with van der Waals surface area (Å²) in [6, 6.07) is 10.4. The van der Waals surface area contributed by atoms with Gasteiger partial charge in [0.15, 0.2) is 0 Å². The summed E-state index contributed by atoms with van der Waals surface area (Å²) in [7, 11) is 0. The normalized spacial score (nSPS) is 14.2. The fourth-order valence-corrected chi connectivity index (χ4v) is 3.15. The lowest BCUT2D eigenvalue weighted by molar-refractivity contribution is 0.0725. The van der Waals surface area contributed by atoms with Crippen LogP contribution in [0, 0.1) is 9.39 Å². The van der Waals surface area contributed by atoms with E-state index in [0.29, 0.717) is 17.1 Å². The number of carbonyl (C=O) groups is 1. The Bertz CT molecular complexity index is 719. The minimum absolute atomic E-state index is 0.0379. The fraction of sp³-hybridized carbons (Fsp3) is 0.188. The number of rotatable bonds is 2. The van der Waals surface area contributed by atoms with E-state index >= 15 is 0 Å². The van der Waals surface area contributed by atoms with Crippen LogP contribution in [0.4, 0.5) is 4.39 Å². The molecule has 2 aromatic rings. The van der Waals surface area contributed by atoms with Crippen LogP contribution in [0.15, 0.2) is 36.4 Å². The Morgan fingerprint density at radius 1 is 1.24 bits per heavy atom. The minimum atomic E-state index is -0.372. The number of benzene rings is 2. The number of halogens is 3. The van der Waals surface area contributed by atoms with E-state index in [4.69, 9.17) is 11.6 Å². The van der Waals surface area contributed by atoms with Crippen LogP contribution >= 0.6 is 34.2 Å². The van der Waals surface area contributed by atoms with Crippen LogP contribution in [0.2, 0.25) is 5.02 Å². The Hall–Kier alpha value is -1.14. The van der Waals surface area contributed by atoms with Gasteiger partial charge in [-0.15, -0.1) is 0 Å². The Kier molecular flexibility index (Phi) is 4.17. The second-order valence-electron chi connectivity index (χ2n) is 5.01. The molecule has 0 N–H and O–H groups in total. The van der Waals surface area contributed by atoms with Crippen molar-refractivity contribution in [1.29, 1.82) is 0 Å². The summed E-state index contributed by atoms with van der Waals surface area (Å²) >= 11 is 7.94. The van der Waals surface area contributed by atoms with Crippen LogP contribution in [0.5, 0.6) is 0 Å². The van der Waals surface area contributed by atoms with Crippen molar-refractivity contribution < 1.29 is 9.18 Å². The van der Waals surface area contributed by atoms with E-state index in [1.165, 1.54) is 6.07 Å². The molecular formula is C16H12ClFINO. The van der Waals surface area contributed by atoms with Gasteiger partial charge >= 0.3 is 0 Å². The van der Waals surface area contributed by atoms with Crippen molar-refractivity contribution >= 4 is 40.1 Å². The molecule has 1 heterocycles. The molecule has 1 aliphatic rings. The molecule has 0 bridgehead atoms. The summed E-state index contributed by atoms with van der Waals surface area (Å²) in [4.78, 5) is 14.2. The summed E-state index contributed by atoms with van der Waals surface area (Å²) < 4.78 is 14.9. The molecule has 3 rings (SSSR count). The first-order valence-electron chi connectivity index (χ1n) is 6.56. The van der Waals surface area contributed by atoms with Crippen molar-refractivity contribution in [2.24, 2.45) is 0 Å². The third kappa shape index (κ3) is 3.06. The molecule has 1 amide bonds. The van der Waals surface area contributed by atoms with Gasteiger partial charge in [0.1, 0.15) is 5.82 Å². The highest BCUT2D eigenvalue weighted by Crippen LogP contribution is 2.24. The van der Waals surface area contributed by atoms with E-state index in [2.05, 4.69) is 22.6 Å². The Morgan fingerprint density at radius 3 is 2.81 bits per heavy atom. The lowest BCUT2D eigenvalue weighted by Crippen LogP contribution is -2.37. The fourth-order valence-electron chi connectivity index (χ4n) is 2.50. The summed E-state index contributed by atoms with van der Waals surface area (Å²) in [6.07, 6.45) is 0.799. The molecule has 0 saturated heterocycles. The van der Waals surface area contributed by atoms with Gasteiger partial charge in [-0.25, -0.2) is 4.39 Å². The van der Waals surface area contributed by atoms with Crippen LogP contribution in [-0.4, -0.2) is 17.4 Å². The molecule has 5 heteroatoms. The number of fused-ring (bicyclic) bond motifs is 1. The standard InChI is InChI=1S/C16H12ClFINO/c17-12-3-1-11(15(18)7-12)9-20-6-5-10-2-4-13(19)8-14(10)16(20)21/h1-4,7-8H,5-6,9H2. The lowest BCUT2D eigenvalue weighted by Gasteiger charge is -2.29. The molecule has 1 aliphatic heterocycles. The maximum atomic E-state index is 13.9. The van der Waals surface area contributed by atoms with Gasteiger partial charge in [0.2, 0.25) is 0 Å². The van der Waals surface area contributed by atoms with E-state index in [0.717, 1.165) is 21.1 Å². The Morgan fingerprint density at radius 2 is 2.05 bits per heavy atom. The molecule has 0 aromatic heterocycles. The quantitative estimate of drug-likeness (QED) is 0.671. The van der Waals surface area contributed by atoms with E-state index in [1.54, 1.807) is 17.0 Å². The topological polar surface area (TPSA) is 20.3 Å². The van der Waals surface area contributed by atoms with Gasteiger partial charge in [-0.2, -0.15) is 0 Å². The molecule has 0 saturated carbocycles. The van der Waals surface area contributed by atoms with Crippen molar-refractivity contribution in [3.63, 3.8) is 0 Å². The molecule has 21 heavy (non-hydrogen) atoms.